The van der Waals surface area contributed by atoms with Crippen molar-refractivity contribution in [1.82, 2.24) is 10.2 Å². The molecule has 0 aliphatic heterocycles. The van der Waals surface area contributed by atoms with Gasteiger partial charge in [0.05, 0.1) is 5.69 Å². The van der Waals surface area contributed by atoms with Gasteiger partial charge in [-0.05, 0) is 49.1 Å². The monoisotopic (exact) mass is 290 g/mol. The lowest BCUT2D eigenvalue weighted by Gasteiger charge is -2.18. The van der Waals surface area contributed by atoms with Crippen molar-refractivity contribution in [3.05, 3.63) is 71.4 Å². The fourth-order valence-electron chi connectivity index (χ4n) is 3.16. The second-order valence-electron chi connectivity index (χ2n) is 5.81. The first kappa shape index (κ1) is 13.1. The van der Waals surface area contributed by atoms with Gasteiger partial charge in [0.15, 0.2) is 0 Å². The van der Waals surface area contributed by atoms with Gasteiger partial charge >= 0.3 is 0 Å². The Hall–Kier alpha value is -2.55. The van der Waals surface area contributed by atoms with E-state index in [-0.39, 0.29) is 6.10 Å². The van der Waals surface area contributed by atoms with Gasteiger partial charge in [-0.15, -0.1) is 0 Å². The minimum atomic E-state index is 0.139. The highest BCUT2D eigenvalue weighted by molar-refractivity contribution is 5.67. The summed E-state index contributed by atoms with van der Waals surface area (Å²) in [6.07, 6.45) is 4.04. The van der Waals surface area contributed by atoms with Crippen molar-refractivity contribution in [1.29, 1.82) is 0 Å². The summed E-state index contributed by atoms with van der Waals surface area (Å²) in [6, 6.07) is 16.8. The molecule has 0 bridgehead atoms. The number of fused-ring (bicyclic) bond motifs is 1. The minimum absolute atomic E-state index is 0.139. The van der Waals surface area contributed by atoms with Gasteiger partial charge in [-0.3, -0.25) is 5.10 Å². The lowest BCUT2D eigenvalue weighted by atomic mass is 10.1. The average Bonchev–Trinajstić information content (AvgIpc) is 3.19. The molecule has 0 saturated carbocycles. The van der Waals surface area contributed by atoms with Gasteiger partial charge in [-0.25, -0.2) is 0 Å². The lowest BCUT2D eigenvalue weighted by molar-refractivity contribution is 0.208. The Morgan fingerprint density at radius 1 is 1.14 bits per heavy atom. The second-order valence-corrected chi connectivity index (χ2v) is 5.81. The summed E-state index contributed by atoms with van der Waals surface area (Å²) >= 11 is 0. The van der Waals surface area contributed by atoms with Crippen molar-refractivity contribution in [2.75, 3.05) is 0 Å². The summed E-state index contributed by atoms with van der Waals surface area (Å²) in [4.78, 5) is 0. The highest BCUT2D eigenvalue weighted by atomic mass is 16.5. The molecule has 0 amide bonds. The van der Waals surface area contributed by atoms with Crippen LogP contribution in [0.2, 0.25) is 0 Å². The maximum atomic E-state index is 6.36. The van der Waals surface area contributed by atoms with E-state index in [0.717, 1.165) is 29.8 Å². The number of H-pyrrole nitrogens is 1. The van der Waals surface area contributed by atoms with Gasteiger partial charge in [0.25, 0.3) is 0 Å². The van der Waals surface area contributed by atoms with Crippen LogP contribution >= 0.6 is 0 Å². The predicted octanol–water partition coefficient (Wildman–Crippen LogP) is 4.45. The van der Waals surface area contributed by atoms with Crippen LogP contribution < -0.4 is 4.74 Å². The van der Waals surface area contributed by atoms with Crippen LogP contribution in [0.5, 0.6) is 5.75 Å². The van der Waals surface area contributed by atoms with Crippen molar-refractivity contribution in [2.24, 2.45) is 0 Å². The molecule has 2 aromatic carbocycles. The van der Waals surface area contributed by atoms with Crippen LogP contribution in [-0.4, -0.2) is 10.2 Å². The molecule has 0 spiro atoms. The van der Waals surface area contributed by atoms with Crippen LogP contribution in [0.15, 0.2) is 54.7 Å². The zero-order valence-electron chi connectivity index (χ0n) is 12.5. The highest BCUT2D eigenvalue weighted by Gasteiger charge is 2.24. The quantitative estimate of drug-likeness (QED) is 0.773. The van der Waals surface area contributed by atoms with Crippen LogP contribution in [0.4, 0.5) is 0 Å². The Kier molecular flexibility index (Phi) is 3.19. The number of aromatic amines is 1. The molecule has 22 heavy (non-hydrogen) atoms. The van der Waals surface area contributed by atoms with E-state index in [0.29, 0.717) is 0 Å². The number of nitrogens with one attached hydrogen (secondary N) is 1. The zero-order chi connectivity index (χ0) is 14.9. The van der Waals surface area contributed by atoms with E-state index in [2.05, 4.69) is 59.6 Å². The molecule has 1 N–H and O–H groups in total. The Balaban J connectivity index is 1.70. The maximum Gasteiger partial charge on any atom is 0.129 e. The molecular formula is C19H18N2O. The van der Waals surface area contributed by atoms with Crippen molar-refractivity contribution in [3.8, 4) is 17.0 Å². The number of hydrogen-bond acceptors (Lipinski definition) is 2. The first-order valence-corrected chi connectivity index (χ1v) is 7.66. The van der Waals surface area contributed by atoms with Crippen molar-refractivity contribution < 1.29 is 4.74 Å². The number of benzene rings is 2. The van der Waals surface area contributed by atoms with Gasteiger partial charge in [0.1, 0.15) is 11.9 Å². The van der Waals surface area contributed by atoms with E-state index in [1.54, 1.807) is 6.20 Å². The summed E-state index contributed by atoms with van der Waals surface area (Å²) < 4.78 is 6.36. The largest absolute Gasteiger partial charge is 0.485 e. The molecule has 1 aliphatic carbocycles. The third kappa shape index (κ3) is 2.29. The van der Waals surface area contributed by atoms with Crippen LogP contribution in [0, 0.1) is 6.92 Å². The molecule has 1 aromatic heterocycles. The Labute approximate surface area is 130 Å². The minimum Gasteiger partial charge on any atom is -0.485 e. The summed E-state index contributed by atoms with van der Waals surface area (Å²) in [7, 11) is 0. The normalized spacial score (nSPS) is 16.5. The molecule has 110 valence electrons. The van der Waals surface area contributed by atoms with E-state index in [9.17, 15) is 0 Å². The van der Waals surface area contributed by atoms with Gasteiger partial charge in [0, 0.05) is 11.8 Å². The van der Waals surface area contributed by atoms with E-state index >= 15 is 0 Å². The fourth-order valence-corrected chi connectivity index (χ4v) is 3.16. The van der Waals surface area contributed by atoms with Crippen LogP contribution in [0.25, 0.3) is 11.3 Å². The average molecular weight is 290 g/mol. The molecular weight excluding hydrogens is 272 g/mol. The molecule has 0 saturated heterocycles. The van der Waals surface area contributed by atoms with Crippen molar-refractivity contribution >= 4 is 0 Å². The molecule has 0 fully saturated rings. The maximum absolute atomic E-state index is 6.36. The van der Waals surface area contributed by atoms with E-state index in [4.69, 9.17) is 4.74 Å². The van der Waals surface area contributed by atoms with Crippen LogP contribution in [0.1, 0.15) is 29.2 Å². The summed E-state index contributed by atoms with van der Waals surface area (Å²) in [6.45, 7) is 2.09. The molecule has 3 aromatic rings. The number of rotatable bonds is 3. The third-order valence-corrected chi connectivity index (χ3v) is 4.27. The number of nitrogens with zero attached hydrogens (tertiary/aromatic N) is 1. The Morgan fingerprint density at radius 2 is 2.05 bits per heavy atom. The molecule has 1 heterocycles. The third-order valence-electron chi connectivity index (χ3n) is 4.27. The fraction of sp³-hybridized carbons (Fsp3) is 0.211. The molecule has 1 atom stereocenters. The van der Waals surface area contributed by atoms with Gasteiger partial charge in [0.2, 0.25) is 0 Å². The molecule has 1 aliphatic rings. The Morgan fingerprint density at radius 3 is 2.91 bits per heavy atom. The van der Waals surface area contributed by atoms with E-state index in [1.165, 1.54) is 16.7 Å². The first-order valence-electron chi connectivity index (χ1n) is 7.66. The topological polar surface area (TPSA) is 37.9 Å². The standard InChI is InChI=1S/C19H18N2O/c1-13-6-8-19(16(12-13)17-10-11-20-21-17)22-18-9-7-14-4-2-3-5-15(14)18/h2-6,8,10-12,18H,7,9H2,1H3,(H,20,21). The predicted molar refractivity (Wildman–Crippen MR) is 86.9 cm³/mol. The lowest BCUT2D eigenvalue weighted by Crippen LogP contribution is -2.04. The molecule has 0 radical (unpaired) electrons. The van der Waals surface area contributed by atoms with Crippen molar-refractivity contribution in [2.45, 2.75) is 25.9 Å². The van der Waals surface area contributed by atoms with Gasteiger partial charge < -0.3 is 4.74 Å². The second kappa shape index (κ2) is 5.34. The molecule has 3 heteroatoms. The molecule has 4 rings (SSSR count). The summed E-state index contributed by atoms with van der Waals surface area (Å²) in [5, 5.41) is 7.09. The number of aryl methyl sites for hydroxylation is 2. The van der Waals surface area contributed by atoms with Crippen molar-refractivity contribution in [3.63, 3.8) is 0 Å². The summed E-state index contributed by atoms with van der Waals surface area (Å²) in [5.74, 6) is 0.913. The summed E-state index contributed by atoms with van der Waals surface area (Å²) in [5.41, 5.74) is 6.00. The highest BCUT2D eigenvalue weighted by Crippen LogP contribution is 2.38. The first-order chi connectivity index (χ1) is 10.8. The SMILES string of the molecule is Cc1ccc(OC2CCc3ccccc32)c(-c2ccn[nH]2)c1. The molecule has 3 nitrogen and oxygen atoms in total. The Bertz CT molecular complexity index is 793. The van der Waals surface area contributed by atoms with Gasteiger partial charge in [-0.2, -0.15) is 5.10 Å². The zero-order valence-corrected chi connectivity index (χ0v) is 12.5. The molecule has 1 unspecified atom stereocenters. The van der Waals surface area contributed by atoms with E-state index < -0.39 is 0 Å². The number of ether oxygens (including phenoxy) is 1. The number of hydrogen-bond donors (Lipinski definition) is 1. The number of aromatic nitrogens is 2. The van der Waals surface area contributed by atoms with E-state index in [1.807, 2.05) is 6.07 Å². The van der Waals surface area contributed by atoms with Crippen LogP contribution in [-0.2, 0) is 6.42 Å². The van der Waals surface area contributed by atoms with Gasteiger partial charge in [-0.1, -0.05) is 35.9 Å². The smallest absolute Gasteiger partial charge is 0.129 e. The van der Waals surface area contributed by atoms with Crippen LogP contribution in [0.3, 0.4) is 0 Å².